The van der Waals surface area contributed by atoms with Crippen LogP contribution in [0.1, 0.15) is 0 Å². The van der Waals surface area contributed by atoms with Gasteiger partial charge >= 0.3 is 55.2 Å². The quantitative estimate of drug-likeness (QED) is 0.335. The Hall–Kier alpha value is 1.55. The zero-order chi connectivity index (χ0) is 5.21. The standard InChI is InChI=1S/Al.Na.H3O4Si.H2O.2H/c;;1-5(2,3)4;;;/h;;1-3H;1H2;;/q2*+1;-1;;;/p-1. The van der Waals surface area contributed by atoms with Crippen molar-refractivity contribution in [2.75, 3.05) is 0 Å². The molecule has 0 atom stereocenters. The molecule has 0 aliphatic heterocycles. The first-order chi connectivity index (χ1) is 2.56. The molecule has 0 heterocycles. The van der Waals surface area contributed by atoms with E-state index in [1.165, 1.54) is 0 Å². The fourth-order valence-electron chi connectivity index (χ4n) is 0. The van der Waals surface area contributed by atoms with E-state index in [1.807, 2.05) is 0 Å². The van der Waals surface area contributed by atoms with Crippen LogP contribution in [0.3, 0.4) is 0 Å². The van der Waals surface area contributed by atoms with Crippen LogP contribution >= 0.6 is 0 Å². The molecule has 0 aliphatic rings. The Bertz CT molecular complexity index is 42.2. The average molecular weight is 164 g/mol. The summed E-state index contributed by atoms with van der Waals surface area (Å²) in [6.45, 7) is 0. The molecule has 0 rings (SSSR count). The Morgan fingerprint density at radius 1 is 1.25 bits per heavy atom. The summed E-state index contributed by atoms with van der Waals surface area (Å²) in [7, 11) is -4.07. The van der Waals surface area contributed by atoms with Gasteiger partial charge in [-0.05, 0) is 0 Å². The number of hydrogen-bond acceptors (Lipinski definition) is 5. The van der Waals surface area contributed by atoms with Gasteiger partial charge in [0.15, 0.2) is 0 Å². The Morgan fingerprint density at radius 2 is 1.38 bits per heavy atom. The van der Waals surface area contributed by atoms with Crippen LogP contribution in [0.25, 0.3) is 0 Å². The van der Waals surface area contributed by atoms with Gasteiger partial charge in [-0.1, -0.05) is 0 Å². The van der Waals surface area contributed by atoms with E-state index in [4.69, 9.17) is 14.4 Å². The summed E-state index contributed by atoms with van der Waals surface area (Å²) >= 11 is 0.160. The van der Waals surface area contributed by atoms with Gasteiger partial charge < -0.3 is 23.3 Å². The van der Waals surface area contributed by atoms with Crippen LogP contribution in [0.4, 0.5) is 0 Å². The molecule has 0 amide bonds. The summed E-state index contributed by atoms with van der Waals surface area (Å²) in [6, 6.07) is 0. The van der Waals surface area contributed by atoms with Crippen molar-refractivity contribution in [2.45, 2.75) is 0 Å². The van der Waals surface area contributed by atoms with E-state index in [0.29, 0.717) is 0 Å². The Morgan fingerprint density at radius 3 is 1.38 bits per heavy atom. The van der Waals surface area contributed by atoms with Crippen molar-refractivity contribution in [1.29, 1.82) is 0 Å². The van der Waals surface area contributed by atoms with E-state index in [2.05, 4.69) is 3.48 Å². The molecule has 0 unspecified atom stereocenters. The third-order valence-corrected chi connectivity index (χ3v) is 2.46. The van der Waals surface area contributed by atoms with E-state index in [9.17, 15) is 0 Å². The van der Waals surface area contributed by atoms with Crippen LogP contribution < -0.4 is 29.6 Å². The zero-order valence-electron chi connectivity index (χ0n) is 4.70. The molecule has 0 spiro atoms. The molecule has 0 saturated heterocycles. The van der Waals surface area contributed by atoms with Crippen molar-refractivity contribution in [3.05, 3.63) is 0 Å². The third-order valence-electron chi connectivity index (χ3n) is 0.274. The predicted molar refractivity (Wildman–Crippen MR) is 24.0 cm³/mol. The molecule has 5 nitrogen and oxygen atoms in total. The van der Waals surface area contributed by atoms with Crippen molar-refractivity contribution >= 4 is 25.7 Å². The predicted octanol–water partition coefficient (Wildman–Crippen LogP) is -6.21. The summed E-state index contributed by atoms with van der Waals surface area (Å²) in [4.78, 5) is 23.7. The summed E-state index contributed by atoms with van der Waals surface area (Å²) in [5.41, 5.74) is 0. The number of rotatable bonds is 1. The Balaban J connectivity index is -0.000000125. The van der Waals surface area contributed by atoms with Crippen molar-refractivity contribution in [1.82, 2.24) is 0 Å². The molecule has 0 aromatic carbocycles. The molecule has 0 aromatic heterocycles. The maximum absolute atomic E-state index is 7.89. The Kier molecular flexibility index (Phi) is 13.6. The first-order valence-electron chi connectivity index (χ1n) is 1.28. The molecule has 0 bridgehead atoms. The van der Waals surface area contributed by atoms with Gasteiger partial charge in [-0.3, -0.25) is 0 Å². The normalized spacial score (nSPS) is 8.88. The maximum Gasteiger partial charge on any atom is 1.00 e. The van der Waals surface area contributed by atoms with Gasteiger partial charge in [-0.2, -0.15) is 0 Å². The van der Waals surface area contributed by atoms with Crippen LogP contribution in [0, 0.1) is 0 Å². The van der Waals surface area contributed by atoms with Gasteiger partial charge in [-0.25, -0.2) is 0 Å². The summed E-state index contributed by atoms with van der Waals surface area (Å²) in [5, 5.41) is 0. The smallest absolute Gasteiger partial charge is 0.870 e. The monoisotopic (exact) mass is 164 g/mol. The molecule has 0 saturated carbocycles. The summed E-state index contributed by atoms with van der Waals surface area (Å²) in [6.07, 6.45) is 0. The topological polar surface area (TPSA) is 99.9 Å². The van der Waals surface area contributed by atoms with Gasteiger partial charge in [0.05, 0.1) is 0 Å². The minimum absolute atomic E-state index is 0. The van der Waals surface area contributed by atoms with Crippen LogP contribution in [0.15, 0.2) is 0 Å². The molecule has 0 aliphatic carbocycles. The van der Waals surface area contributed by atoms with Crippen LogP contribution in [-0.4, -0.2) is 45.5 Å². The van der Waals surface area contributed by atoms with Crippen molar-refractivity contribution in [2.24, 2.45) is 0 Å². The van der Waals surface area contributed by atoms with Gasteiger partial charge in [0.1, 0.15) is 0 Å². The molecule has 0 radical (unpaired) electrons. The fraction of sp³-hybridized carbons (Fsp3) is 0. The van der Waals surface area contributed by atoms with Crippen molar-refractivity contribution < 1.29 is 52.9 Å². The third kappa shape index (κ3) is 15.6. The van der Waals surface area contributed by atoms with Gasteiger partial charge in [-0.15, -0.1) is 0 Å². The van der Waals surface area contributed by atoms with Crippen LogP contribution in [0.5, 0.6) is 0 Å². The molecule has 8 heteroatoms. The minimum atomic E-state index is -4.07. The molecule has 0 fully saturated rings. The minimum Gasteiger partial charge on any atom is -0.870 e. The average Bonchev–Trinajstić information content (AvgIpc) is 1.35. The van der Waals surface area contributed by atoms with E-state index in [1.54, 1.807) is 0 Å². The van der Waals surface area contributed by atoms with Gasteiger partial charge in [0.25, 0.3) is 0 Å². The molecule has 44 valence electrons. The largest absolute Gasteiger partial charge is 1.00 e. The first-order valence-corrected chi connectivity index (χ1v) is 3.85. The molecule has 0 aromatic rings. The zero-order valence-corrected chi connectivity index (χ0v) is 9.70. The second-order valence-electron chi connectivity index (χ2n) is 0.778. The molecule has 4 N–H and O–H groups in total. The SMILES string of the molecule is O[Si](O)(O)[O][AlH2].[Na+].[OH-]. The van der Waals surface area contributed by atoms with Crippen molar-refractivity contribution in [3.63, 3.8) is 0 Å². The molecule has 8 heavy (non-hydrogen) atoms. The van der Waals surface area contributed by atoms with Crippen LogP contribution in [-0.2, 0) is 3.48 Å². The second kappa shape index (κ2) is 6.67. The first kappa shape index (κ1) is 16.3. The summed E-state index contributed by atoms with van der Waals surface area (Å²) < 4.78 is 3.88. The number of hydrogen-bond donors (Lipinski definition) is 3. The second-order valence-corrected chi connectivity index (χ2v) is 3.56. The Labute approximate surface area is 78.1 Å². The van der Waals surface area contributed by atoms with Gasteiger partial charge in [0, 0.05) is 0 Å². The fourth-order valence-corrected chi connectivity index (χ4v) is 0. The van der Waals surface area contributed by atoms with Crippen LogP contribution in [0.2, 0.25) is 0 Å². The molecular weight excluding hydrogens is 158 g/mol. The van der Waals surface area contributed by atoms with Gasteiger partial charge in [0.2, 0.25) is 0 Å². The van der Waals surface area contributed by atoms with E-state index < -0.39 is 9.05 Å². The molecular formula is H6AlNaO5Si. The van der Waals surface area contributed by atoms with E-state index in [0.717, 1.165) is 0 Å². The van der Waals surface area contributed by atoms with E-state index in [-0.39, 0.29) is 51.7 Å². The van der Waals surface area contributed by atoms with E-state index >= 15 is 0 Å². The summed E-state index contributed by atoms with van der Waals surface area (Å²) in [5.74, 6) is 0. The maximum atomic E-state index is 7.89. The van der Waals surface area contributed by atoms with Crippen molar-refractivity contribution in [3.8, 4) is 0 Å².